The minimum atomic E-state index is -0.834. The van der Waals surface area contributed by atoms with E-state index in [4.69, 9.17) is 5.11 Å². The van der Waals surface area contributed by atoms with Crippen LogP contribution in [0.15, 0.2) is 24.3 Å². The molecule has 1 aromatic carbocycles. The van der Waals surface area contributed by atoms with Gasteiger partial charge in [0, 0.05) is 19.6 Å². The van der Waals surface area contributed by atoms with Gasteiger partial charge >= 0.3 is 6.09 Å². The summed E-state index contributed by atoms with van der Waals surface area (Å²) in [6.45, 7) is 1.68. The molecular weight excluding hydrogens is 308 g/mol. The van der Waals surface area contributed by atoms with Crippen molar-refractivity contribution in [3.05, 3.63) is 35.4 Å². The normalized spacial score (nSPS) is 18.2. The Morgan fingerprint density at radius 1 is 1.04 bits per heavy atom. The number of hydrogen-bond acceptors (Lipinski definition) is 3. The van der Waals surface area contributed by atoms with E-state index in [2.05, 4.69) is 0 Å². The van der Waals surface area contributed by atoms with Gasteiger partial charge in [-0.25, -0.2) is 4.79 Å². The van der Waals surface area contributed by atoms with E-state index in [-0.39, 0.29) is 11.8 Å². The van der Waals surface area contributed by atoms with Crippen LogP contribution < -0.4 is 0 Å². The van der Waals surface area contributed by atoms with Crippen LogP contribution in [-0.4, -0.2) is 52.4 Å². The number of rotatable bonds is 5. The molecule has 3 rings (SSSR count). The second kappa shape index (κ2) is 7.03. The summed E-state index contributed by atoms with van der Waals surface area (Å²) >= 11 is 0. The molecule has 0 aliphatic carbocycles. The number of hydrogen-bond donors (Lipinski definition) is 1. The number of piperidine rings is 1. The molecule has 0 unspecified atom stereocenters. The lowest BCUT2D eigenvalue weighted by Gasteiger charge is -2.30. The average Bonchev–Trinajstić information content (AvgIpc) is 2.84. The summed E-state index contributed by atoms with van der Waals surface area (Å²) < 4.78 is 0. The summed E-state index contributed by atoms with van der Waals surface area (Å²) in [6.07, 6.45) is 3.74. The molecule has 3 amide bonds. The van der Waals surface area contributed by atoms with Crippen LogP contribution in [0.4, 0.5) is 4.79 Å². The number of carbonyl (C=O) groups excluding carboxylic acids is 2. The quantitative estimate of drug-likeness (QED) is 0.665. The van der Waals surface area contributed by atoms with E-state index in [0.717, 1.165) is 32.1 Å². The molecule has 0 radical (unpaired) electrons. The van der Waals surface area contributed by atoms with Crippen molar-refractivity contribution in [2.75, 3.05) is 19.6 Å². The van der Waals surface area contributed by atoms with Crippen molar-refractivity contribution in [3.8, 4) is 0 Å². The van der Waals surface area contributed by atoms with Gasteiger partial charge < -0.3 is 10.0 Å². The zero-order chi connectivity index (χ0) is 17.1. The summed E-state index contributed by atoms with van der Waals surface area (Å²) in [5.74, 6) is 0.165. The van der Waals surface area contributed by atoms with Crippen LogP contribution >= 0.6 is 0 Å². The highest BCUT2D eigenvalue weighted by Gasteiger charge is 2.34. The number of carboxylic acid groups (broad SMARTS) is 1. The van der Waals surface area contributed by atoms with Crippen molar-refractivity contribution in [1.29, 1.82) is 0 Å². The first kappa shape index (κ1) is 16.5. The highest BCUT2D eigenvalue weighted by Crippen LogP contribution is 2.25. The number of amides is 3. The fourth-order valence-electron chi connectivity index (χ4n) is 3.56. The molecule has 2 aliphatic heterocycles. The van der Waals surface area contributed by atoms with Crippen LogP contribution in [0.5, 0.6) is 0 Å². The van der Waals surface area contributed by atoms with Crippen LogP contribution in [0.25, 0.3) is 0 Å². The van der Waals surface area contributed by atoms with E-state index in [0.29, 0.717) is 36.7 Å². The Hall–Kier alpha value is -2.37. The molecule has 1 saturated heterocycles. The Bertz CT molecular complexity index is 615. The van der Waals surface area contributed by atoms with Crippen LogP contribution in [0, 0.1) is 5.92 Å². The third-order valence-corrected chi connectivity index (χ3v) is 5.01. The molecule has 1 aromatic rings. The van der Waals surface area contributed by atoms with Crippen LogP contribution in [0.1, 0.15) is 52.8 Å². The maximum Gasteiger partial charge on any atom is 0.407 e. The first-order chi connectivity index (χ1) is 11.6. The first-order valence-electron chi connectivity index (χ1n) is 8.51. The zero-order valence-corrected chi connectivity index (χ0v) is 13.6. The van der Waals surface area contributed by atoms with Crippen molar-refractivity contribution in [3.63, 3.8) is 0 Å². The molecule has 1 N–H and O–H groups in total. The van der Waals surface area contributed by atoms with Crippen LogP contribution in [0.2, 0.25) is 0 Å². The fourth-order valence-corrected chi connectivity index (χ4v) is 3.56. The Labute approximate surface area is 141 Å². The minimum absolute atomic E-state index is 0.189. The minimum Gasteiger partial charge on any atom is -0.465 e. The van der Waals surface area contributed by atoms with Gasteiger partial charge in [-0.05, 0) is 37.3 Å². The third kappa shape index (κ3) is 3.27. The molecule has 0 aromatic heterocycles. The van der Waals surface area contributed by atoms with Gasteiger partial charge in [-0.15, -0.1) is 0 Å². The average molecular weight is 330 g/mol. The predicted octanol–water partition coefficient (Wildman–Crippen LogP) is 2.84. The number of nitrogens with zero attached hydrogens (tertiary/aromatic N) is 2. The number of imide groups is 1. The van der Waals surface area contributed by atoms with Gasteiger partial charge in [-0.1, -0.05) is 25.0 Å². The zero-order valence-electron chi connectivity index (χ0n) is 13.6. The van der Waals surface area contributed by atoms with Gasteiger partial charge in [-0.2, -0.15) is 0 Å². The lowest BCUT2D eigenvalue weighted by Crippen LogP contribution is -2.37. The molecule has 1 fully saturated rings. The second-order valence-corrected chi connectivity index (χ2v) is 6.52. The lowest BCUT2D eigenvalue weighted by atomic mass is 9.92. The molecule has 2 aliphatic rings. The Morgan fingerprint density at radius 2 is 1.62 bits per heavy atom. The van der Waals surface area contributed by atoms with Crippen molar-refractivity contribution < 1.29 is 19.5 Å². The molecule has 0 atom stereocenters. The van der Waals surface area contributed by atoms with Gasteiger partial charge in [0.2, 0.25) is 0 Å². The maximum absolute atomic E-state index is 12.2. The van der Waals surface area contributed by atoms with E-state index in [1.54, 1.807) is 24.3 Å². The molecule has 0 saturated carbocycles. The smallest absolute Gasteiger partial charge is 0.407 e. The summed E-state index contributed by atoms with van der Waals surface area (Å²) in [5, 5.41) is 8.94. The third-order valence-electron chi connectivity index (χ3n) is 5.01. The molecule has 128 valence electrons. The lowest BCUT2D eigenvalue weighted by molar-refractivity contribution is 0.0650. The number of benzene rings is 1. The Morgan fingerprint density at radius 3 is 2.17 bits per heavy atom. The number of likely N-dealkylation sites (tertiary alicyclic amines) is 1. The first-order valence-corrected chi connectivity index (χ1v) is 8.51. The summed E-state index contributed by atoms with van der Waals surface area (Å²) in [7, 11) is 0. The van der Waals surface area contributed by atoms with Crippen molar-refractivity contribution in [2.45, 2.75) is 32.1 Å². The summed E-state index contributed by atoms with van der Waals surface area (Å²) in [6, 6.07) is 6.95. The largest absolute Gasteiger partial charge is 0.465 e. The van der Waals surface area contributed by atoms with Crippen molar-refractivity contribution in [2.24, 2.45) is 5.92 Å². The maximum atomic E-state index is 12.2. The Balaban J connectivity index is 1.41. The van der Waals surface area contributed by atoms with E-state index in [9.17, 15) is 14.4 Å². The second-order valence-electron chi connectivity index (χ2n) is 6.52. The van der Waals surface area contributed by atoms with E-state index in [1.807, 2.05) is 0 Å². The van der Waals surface area contributed by atoms with Gasteiger partial charge in [0.1, 0.15) is 0 Å². The predicted molar refractivity (Wildman–Crippen MR) is 88.0 cm³/mol. The molecule has 6 heteroatoms. The highest BCUT2D eigenvalue weighted by molar-refractivity contribution is 6.21. The van der Waals surface area contributed by atoms with Crippen LogP contribution in [-0.2, 0) is 0 Å². The molecule has 2 heterocycles. The van der Waals surface area contributed by atoms with Gasteiger partial charge in [0.05, 0.1) is 11.1 Å². The van der Waals surface area contributed by atoms with Crippen molar-refractivity contribution >= 4 is 17.9 Å². The van der Waals surface area contributed by atoms with E-state index in [1.165, 1.54) is 9.80 Å². The number of unbranched alkanes of at least 4 members (excludes halogenated alkanes) is 1. The van der Waals surface area contributed by atoms with Crippen LogP contribution in [0.3, 0.4) is 0 Å². The standard InChI is InChI=1S/C18H22N2O4/c21-16-14-6-1-2-7-15(14)17(22)20(16)10-4-3-5-13-8-11-19(12-9-13)18(23)24/h1-2,6-7,13H,3-5,8-12H2,(H,23,24). The van der Waals surface area contributed by atoms with Gasteiger partial charge in [0.15, 0.2) is 0 Å². The fraction of sp³-hybridized carbons (Fsp3) is 0.500. The molecule has 6 nitrogen and oxygen atoms in total. The summed E-state index contributed by atoms with van der Waals surface area (Å²) in [5.41, 5.74) is 1.01. The van der Waals surface area contributed by atoms with E-state index < -0.39 is 6.09 Å². The molecule has 0 bridgehead atoms. The van der Waals surface area contributed by atoms with E-state index >= 15 is 0 Å². The molecule has 0 spiro atoms. The topological polar surface area (TPSA) is 77.9 Å². The monoisotopic (exact) mass is 330 g/mol. The number of fused-ring (bicyclic) bond motifs is 1. The molecule has 24 heavy (non-hydrogen) atoms. The Kier molecular flexibility index (Phi) is 4.83. The van der Waals surface area contributed by atoms with Crippen molar-refractivity contribution in [1.82, 2.24) is 9.80 Å². The number of carbonyl (C=O) groups is 3. The van der Waals surface area contributed by atoms with Gasteiger partial charge in [-0.3, -0.25) is 14.5 Å². The summed E-state index contributed by atoms with van der Waals surface area (Å²) in [4.78, 5) is 38.2. The highest BCUT2D eigenvalue weighted by atomic mass is 16.4. The van der Waals surface area contributed by atoms with Gasteiger partial charge in [0.25, 0.3) is 11.8 Å². The molecular formula is C18H22N2O4. The SMILES string of the molecule is O=C(O)N1CCC(CCCCN2C(=O)c3ccccc3C2=O)CC1.